The predicted octanol–water partition coefficient (Wildman–Crippen LogP) is 3.55. The van der Waals surface area contributed by atoms with Crippen LogP contribution in [-0.2, 0) is 5.41 Å². The van der Waals surface area contributed by atoms with E-state index in [0.717, 1.165) is 32.4 Å². The Kier molecular flexibility index (Phi) is 5.92. The Morgan fingerprint density at radius 3 is 2.38 bits per heavy atom. The zero-order valence-corrected chi connectivity index (χ0v) is 15.5. The third-order valence-corrected chi connectivity index (χ3v) is 6.14. The summed E-state index contributed by atoms with van der Waals surface area (Å²) in [6.07, 6.45) is 2.73. The van der Waals surface area contributed by atoms with Gasteiger partial charge < -0.3 is 15.3 Å². The lowest BCUT2D eigenvalue weighted by atomic mass is 9.77. The summed E-state index contributed by atoms with van der Waals surface area (Å²) in [5, 5.41) is 12.8. The van der Waals surface area contributed by atoms with Crippen LogP contribution < -0.4 is 5.32 Å². The molecular formula is C20H32N2O2. The van der Waals surface area contributed by atoms with E-state index in [2.05, 4.69) is 45.1 Å². The number of carbonyl (C=O) groups excluding carboxylic acids is 1. The molecule has 2 N–H and O–H groups in total. The molecule has 4 nitrogen and oxygen atoms in total. The summed E-state index contributed by atoms with van der Waals surface area (Å²) in [6.45, 7) is 10.2. The van der Waals surface area contributed by atoms with Crippen LogP contribution in [0.1, 0.15) is 52.5 Å². The van der Waals surface area contributed by atoms with E-state index < -0.39 is 0 Å². The number of piperidine rings is 1. The quantitative estimate of drug-likeness (QED) is 0.866. The molecule has 134 valence electrons. The van der Waals surface area contributed by atoms with Gasteiger partial charge in [0.15, 0.2) is 0 Å². The summed E-state index contributed by atoms with van der Waals surface area (Å²) in [4.78, 5) is 14.5. The molecule has 0 radical (unpaired) electrons. The summed E-state index contributed by atoms with van der Waals surface area (Å²) in [6, 6.07) is 10.3. The van der Waals surface area contributed by atoms with Gasteiger partial charge in [-0.3, -0.25) is 0 Å². The molecule has 4 heteroatoms. The van der Waals surface area contributed by atoms with Gasteiger partial charge in [0, 0.05) is 31.2 Å². The number of aliphatic hydroxyl groups excluding tert-OH is 1. The minimum atomic E-state index is -0.134. The minimum Gasteiger partial charge on any atom is -0.396 e. The zero-order chi connectivity index (χ0) is 17.8. The second-order valence-corrected chi connectivity index (χ2v) is 7.76. The van der Waals surface area contributed by atoms with E-state index in [1.807, 2.05) is 23.1 Å². The summed E-state index contributed by atoms with van der Waals surface area (Å²) in [7, 11) is 0. The molecule has 1 aromatic rings. The van der Waals surface area contributed by atoms with Crippen molar-refractivity contribution in [1.29, 1.82) is 0 Å². The summed E-state index contributed by atoms with van der Waals surface area (Å²) >= 11 is 0. The SMILES string of the molecule is CCC1(CO)CCN(C(=O)NC(C)C(C)(C)c2ccccc2)CC1. The number of amides is 2. The lowest BCUT2D eigenvalue weighted by Gasteiger charge is -2.41. The standard InChI is InChI=1S/C20H32N2O2/c1-5-20(15-23)11-13-22(14-12-20)18(24)21-16(2)19(3,4)17-9-7-6-8-10-17/h6-10,16,23H,5,11-15H2,1-4H3,(H,21,24). The molecule has 1 aliphatic rings. The number of rotatable bonds is 5. The Morgan fingerprint density at radius 1 is 1.29 bits per heavy atom. The third kappa shape index (κ3) is 3.92. The van der Waals surface area contributed by atoms with Gasteiger partial charge in [-0.25, -0.2) is 4.79 Å². The first-order valence-electron chi connectivity index (χ1n) is 9.06. The van der Waals surface area contributed by atoms with Gasteiger partial charge in [0.25, 0.3) is 0 Å². The molecule has 0 bridgehead atoms. The van der Waals surface area contributed by atoms with Gasteiger partial charge in [0.05, 0.1) is 0 Å². The minimum absolute atomic E-state index is 0.00566. The number of urea groups is 1. The molecule has 2 amide bonds. The topological polar surface area (TPSA) is 52.6 Å². The number of hydrogen-bond donors (Lipinski definition) is 2. The number of nitrogens with one attached hydrogen (secondary N) is 1. The Balaban J connectivity index is 1.95. The maximum atomic E-state index is 12.6. The molecule has 1 heterocycles. The highest BCUT2D eigenvalue weighted by Gasteiger charge is 2.35. The largest absolute Gasteiger partial charge is 0.396 e. The van der Waals surface area contributed by atoms with E-state index in [-0.39, 0.29) is 29.5 Å². The van der Waals surface area contributed by atoms with Gasteiger partial charge in [0.2, 0.25) is 0 Å². The number of nitrogens with zero attached hydrogens (tertiary/aromatic N) is 1. The first-order valence-corrected chi connectivity index (χ1v) is 9.06. The number of carbonyl (C=O) groups is 1. The summed E-state index contributed by atoms with van der Waals surface area (Å²) in [5.41, 5.74) is 1.10. The molecule has 1 atom stereocenters. The number of aliphatic hydroxyl groups is 1. The van der Waals surface area contributed by atoms with Gasteiger partial charge in [0.1, 0.15) is 0 Å². The lowest BCUT2D eigenvalue weighted by molar-refractivity contribution is 0.0511. The van der Waals surface area contributed by atoms with E-state index in [1.54, 1.807) is 0 Å². The molecule has 1 aliphatic heterocycles. The average Bonchev–Trinajstić information content (AvgIpc) is 2.62. The maximum Gasteiger partial charge on any atom is 0.317 e. The van der Waals surface area contributed by atoms with Gasteiger partial charge in [-0.15, -0.1) is 0 Å². The van der Waals surface area contributed by atoms with Crippen molar-refractivity contribution in [2.24, 2.45) is 5.41 Å². The molecule has 1 fully saturated rings. The number of hydrogen-bond acceptors (Lipinski definition) is 2. The highest BCUT2D eigenvalue weighted by atomic mass is 16.3. The summed E-state index contributed by atoms with van der Waals surface area (Å²) in [5.74, 6) is 0. The van der Waals surface area contributed by atoms with Gasteiger partial charge in [-0.1, -0.05) is 51.1 Å². The van der Waals surface area contributed by atoms with E-state index in [1.165, 1.54) is 5.56 Å². The van der Waals surface area contributed by atoms with Crippen LogP contribution >= 0.6 is 0 Å². The van der Waals surface area contributed by atoms with E-state index >= 15 is 0 Å². The Hall–Kier alpha value is -1.55. The van der Waals surface area contributed by atoms with Crippen LogP contribution in [0.4, 0.5) is 4.79 Å². The van der Waals surface area contributed by atoms with Crippen molar-refractivity contribution in [3.8, 4) is 0 Å². The average molecular weight is 332 g/mol. The monoisotopic (exact) mass is 332 g/mol. The van der Waals surface area contributed by atoms with Crippen LogP contribution in [0.3, 0.4) is 0 Å². The van der Waals surface area contributed by atoms with Crippen LogP contribution in [0.15, 0.2) is 30.3 Å². The van der Waals surface area contributed by atoms with Crippen molar-refractivity contribution < 1.29 is 9.90 Å². The maximum absolute atomic E-state index is 12.6. The van der Waals surface area contributed by atoms with Crippen molar-refractivity contribution in [2.45, 2.75) is 58.4 Å². The summed E-state index contributed by atoms with van der Waals surface area (Å²) < 4.78 is 0. The van der Waals surface area contributed by atoms with Crippen molar-refractivity contribution in [3.63, 3.8) is 0 Å². The molecule has 1 aromatic carbocycles. The van der Waals surface area contributed by atoms with Crippen LogP contribution in [0, 0.1) is 5.41 Å². The Labute approximate surface area is 146 Å². The highest BCUT2D eigenvalue weighted by Crippen LogP contribution is 2.34. The van der Waals surface area contributed by atoms with Crippen LogP contribution in [0.5, 0.6) is 0 Å². The van der Waals surface area contributed by atoms with Crippen LogP contribution in [0.25, 0.3) is 0 Å². The van der Waals surface area contributed by atoms with Crippen molar-refractivity contribution >= 4 is 6.03 Å². The number of likely N-dealkylation sites (tertiary alicyclic amines) is 1. The van der Waals surface area contributed by atoms with E-state index in [4.69, 9.17) is 0 Å². The highest BCUT2D eigenvalue weighted by molar-refractivity contribution is 5.74. The fourth-order valence-electron chi connectivity index (χ4n) is 3.38. The van der Waals surface area contributed by atoms with Crippen molar-refractivity contribution in [3.05, 3.63) is 35.9 Å². The first kappa shape index (κ1) is 18.8. The first-order chi connectivity index (χ1) is 11.3. The molecule has 0 spiro atoms. The molecule has 2 rings (SSSR count). The molecular weight excluding hydrogens is 300 g/mol. The van der Waals surface area contributed by atoms with Crippen LogP contribution in [0.2, 0.25) is 0 Å². The van der Waals surface area contributed by atoms with Gasteiger partial charge >= 0.3 is 6.03 Å². The molecule has 0 aliphatic carbocycles. The molecule has 0 aromatic heterocycles. The van der Waals surface area contributed by atoms with E-state index in [0.29, 0.717) is 0 Å². The van der Waals surface area contributed by atoms with Crippen molar-refractivity contribution in [1.82, 2.24) is 10.2 Å². The smallest absolute Gasteiger partial charge is 0.317 e. The second-order valence-electron chi connectivity index (χ2n) is 7.76. The van der Waals surface area contributed by atoms with Gasteiger partial charge in [-0.2, -0.15) is 0 Å². The molecule has 0 saturated carbocycles. The fraction of sp³-hybridized carbons (Fsp3) is 0.650. The van der Waals surface area contributed by atoms with E-state index in [9.17, 15) is 9.90 Å². The fourth-order valence-corrected chi connectivity index (χ4v) is 3.38. The Morgan fingerprint density at radius 2 is 1.88 bits per heavy atom. The molecule has 1 saturated heterocycles. The van der Waals surface area contributed by atoms with Gasteiger partial charge in [-0.05, 0) is 37.2 Å². The molecule has 24 heavy (non-hydrogen) atoms. The second kappa shape index (κ2) is 7.56. The normalized spacial score (nSPS) is 19.0. The van der Waals surface area contributed by atoms with Crippen LogP contribution in [-0.4, -0.2) is 41.8 Å². The number of benzene rings is 1. The zero-order valence-electron chi connectivity index (χ0n) is 15.5. The predicted molar refractivity (Wildman–Crippen MR) is 98.1 cm³/mol. The third-order valence-electron chi connectivity index (χ3n) is 6.14. The lowest BCUT2D eigenvalue weighted by Crippen LogP contribution is -2.53. The Bertz CT molecular complexity index is 528. The molecule has 1 unspecified atom stereocenters. The van der Waals surface area contributed by atoms with Crippen molar-refractivity contribution in [2.75, 3.05) is 19.7 Å².